The Morgan fingerprint density at radius 1 is 1.10 bits per heavy atom. The van der Waals surface area contributed by atoms with E-state index in [2.05, 4.69) is 6.07 Å². The third-order valence-electron chi connectivity index (χ3n) is 3.30. The standard InChI is InChI=1S/C17H20N2O/c1-13-8-9-16(14(2)10-13)19(17(20)11-18)12-15-6-4-3-5-7-15/h3-10H,11-12,18H2,1-2H3. The molecule has 20 heavy (non-hydrogen) atoms. The summed E-state index contributed by atoms with van der Waals surface area (Å²) >= 11 is 0. The van der Waals surface area contributed by atoms with Crippen molar-refractivity contribution >= 4 is 11.6 Å². The van der Waals surface area contributed by atoms with Crippen molar-refractivity contribution in [3.05, 3.63) is 65.2 Å². The normalized spacial score (nSPS) is 10.3. The SMILES string of the molecule is Cc1ccc(N(Cc2ccccc2)C(=O)CN)c(C)c1. The molecule has 104 valence electrons. The molecule has 0 unspecified atom stereocenters. The summed E-state index contributed by atoms with van der Waals surface area (Å²) < 4.78 is 0. The Morgan fingerprint density at radius 3 is 2.40 bits per heavy atom. The molecule has 0 aliphatic heterocycles. The van der Waals surface area contributed by atoms with Crippen LogP contribution in [0, 0.1) is 13.8 Å². The second-order valence-electron chi connectivity index (χ2n) is 4.96. The van der Waals surface area contributed by atoms with Crippen LogP contribution in [0.15, 0.2) is 48.5 Å². The lowest BCUT2D eigenvalue weighted by Crippen LogP contribution is -2.36. The average Bonchev–Trinajstić information content (AvgIpc) is 2.46. The molecule has 0 bridgehead atoms. The first-order valence-corrected chi connectivity index (χ1v) is 6.73. The summed E-state index contributed by atoms with van der Waals surface area (Å²) in [6, 6.07) is 16.0. The molecule has 0 spiro atoms. The summed E-state index contributed by atoms with van der Waals surface area (Å²) in [4.78, 5) is 13.9. The van der Waals surface area contributed by atoms with E-state index in [1.54, 1.807) is 4.90 Å². The van der Waals surface area contributed by atoms with E-state index in [9.17, 15) is 4.79 Å². The minimum Gasteiger partial charge on any atom is -0.322 e. The first kappa shape index (κ1) is 14.3. The highest BCUT2D eigenvalue weighted by Gasteiger charge is 2.16. The molecule has 2 aromatic carbocycles. The topological polar surface area (TPSA) is 46.3 Å². The van der Waals surface area contributed by atoms with Gasteiger partial charge in [0.15, 0.2) is 0 Å². The molecule has 0 aliphatic rings. The number of aryl methyl sites for hydroxylation is 2. The van der Waals surface area contributed by atoms with Gasteiger partial charge in [0.05, 0.1) is 13.1 Å². The Kier molecular flexibility index (Phi) is 4.53. The molecular weight excluding hydrogens is 248 g/mol. The molecule has 0 aliphatic carbocycles. The van der Waals surface area contributed by atoms with Crippen LogP contribution in [0.3, 0.4) is 0 Å². The summed E-state index contributed by atoms with van der Waals surface area (Å²) in [7, 11) is 0. The molecule has 2 rings (SSSR count). The monoisotopic (exact) mass is 268 g/mol. The van der Waals surface area contributed by atoms with Gasteiger partial charge in [-0.25, -0.2) is 0 Å². The summed E-state index contributed by atoms with van der Waals surface area (Å²) in [5, 5.41) is 0. The number of carbonyl (C=O) groups excluding carboxylic acids is 1. The van der Waals surface area contributed by atoms with Crippen LogP contribution in [0.4, 0.5) is 5.69 Å². The number of benzene rings is 2. The molecule has 1 amide bonds. The maximum Gasteiger partial charge on any atom is 0.241 e. The molecule has 0 saturated heterocycles. The lowest BCUT2D eigenvalue weighted by Gasteiger charge is -2.24. The minimum absolute atomic E-state index is 0.0140. The molecule has 0 radical (unpaired) electrons. The summed E-state index contributed by atoms with van der Waals surface area (Å²) in [6.45, 7) is 4.62. The van der Waals surface area contributed by atoms with E-state index in [0.29, 0.717) is 6.54 Å². The van der Waals surface area contributed by atoms with Crippen LogP contribution in [0.2, 0.25) is 0 Å². The lowest BCUT2D eigenvalue weighted by molar-refractivity contribution is -0.117. The van der Waals surface area contributed by atoms with Crippen molar-refractivity contribution in [3.63, 3.8) is 0 Å². The van der Waals surface area contributed by atoms with Crippen LogP contribution in [-0.4, -0.2) is 12.5 Å². The second-order valence-corrected chi connectivity index (χ2v) is 4.96. The van der Waals surface area contributed by atoms with E-state index in [1.807, 2.05) is 56.3 Å². The number of hydrogen-bond donors (Lipinski definition) is 1. The first-order chi connectivity index (χ1) is 9.61. The van der Waals surface area contributed by atoms with Crippen LogP contribution < -0.4 is 10.6 Å². The average molecular weight is 268 g/mol. The molecule has 2 N–H and O–H groups in total. The molecule has 0 atom stereocenters. The van der Waals surface area contributed by atoms with Crippen LogP contribution >= 0.6 is 0 Å². The fourth-order valence-corrected chi connectivity index (χ4v) is 2.29. The van der Waals surface area contributed by atoms with E-state index in [-0.39, 0.29) is 12.5 Å². The molecular formula is C17H20N2O. The van der Waals surface area contributed by atoms with Gasteiger partial charge in [0.2, 0.25) is 5.91 Å². The summed E-state index contributed by atoms with van der Waals surface area (Å²) in [5.41, 5.74) is 9.84. The quantitative estimate of drug-likeness (QED) is 0.926. The van der Waals surface area contributed by atoms with Crippen molar-refractivity contribution in [1.29, 1.82) is 0 Å². The number of rotatable bonds is 4. The zero-order valence-corrected chi connectivity index (χ0v) is 12.0. The Hall–Kier alpha value is -2.13. The van der Waals surface area contributed by atoms with E-state index < -0.39 is 0 Å². The van der Waals surface area contributed by atoms with Gasteiger partial charge in [-0.15, -0.1) is 0 Å². The van der Waals surface area contributed by atoms with Gasteiger partial charge in [-0.05, 0) is 31.0 Å². The van der Waals surface area contributed by atoms with Gasteiger partial charge in [-0.1, -0.05) is 48.0 Å². The number of anilines is 1. The maximum atomic E-state index is 12.2. The zero-order valence-electron chi connectivity index (χ0n) is 12.0. The minimum atomic E-state index is -0.0687. The van der Waals surface area contributed by atoms with Crippen LogP contribution in [0.1, 0.15) is 16.7 Å². The van der Waals surface area contributed by atoms with Crippen molar-refractivity contribution in [2.75, 3.05) is 11.4 Å². The maximum absolute atomic E-state index is 12.2. The van der Waals surface area contributed by atoms with Crippen molar-refractivity contribution in [2.24, 2.45) is 5.73 Å². The predicted molar refractivity (Wildman–Crippen MR) is 82.6 cm³/mol. The predicted octanol–water partition coefficient (Wildman–Crippen LogP) is 2.80. The Balaban J connectivity index is 2.35. The third-order valence-corrected chi connectivity index (χ3v) is 3.30. The van der Waals surface area contributed by atoms with Crippen molar-refractivity contribution in [3.8, 4) is 0 Å². The second kappa shape index (κ2) is 6.35. The number of nitrogens with zero attached hydrogens (tertiary/aromatic N) is 1. The van der Waals surface area contributed by atoms with Gasteiger partial charge in [-0.2, -0.15) is 0 Å². The van der Waals surface area contributed by atoms with Gasteiger partial charge in [-0.3, -0.25) is 4.79 Å². The number of hydrogen-bond acceptors (Lipinski definition) is 2. The molecule has 2 aromatic rings. The van der Waals surface area contributed by atoms with Gasteiger partial charge >= 0.3 is 0 Å². The van der Waals surface area contributed by atoms with Crippen molar-refractivity contribution in [2.45, 2.75) is 20.4 Å². The van der Waals surface area contributed by atoms with Crippen LogP contribution in [0.25, 0.3) is 0 Å². The van der Waals surface area contributed by atoms with Crippen molar-refractivity contribution < 1.29 is 4.79 Å². The van der Waals surface area contributed by atoms with E-state index in [0.717, 1.165) is 16.8 Å². The molecule has 0 fully saturated rings. The fourth-order valence-electron chi connectivity index (χ4n) is 2.29. The Bertz CT molecular complexity index is 593. The van der Waals surface area contributed by atoms with Crippen LogP contribution in [-0.2, 0) is 11.3 Å². The van der Waals surface area contributed by atoms with Gasteiger partial charge in [0.25, 0.3) is 0 Å². The summed E-state index contributed by atoms with van der Waals surface area (Å²) in [6.07, 6.45) is 0. The van der Waals surface area contributed by atoms with E-state index in [4.69, 9.17) is 5.73 Å². The Labute approximate surface area is 120 Å². The van der Waals surface area contributed by atoms with Gasteiger partial charge in [0, 0.05) is 5.69 Å². The lowest BCUT2D eigenvalue weighted by atomic mass is 10.1. The highest BCUT2D eigenvalue weighted by molar-refractivity contribution is 5.95. The third kappa shape index (κ3) is 3.25. The smallest absolute Gasteiger partial charge is 0.241 e. The molecule has 3 nitrogen and oxygen atoms in total. The first-order valence-electron chi connectivity index (χ1n) is 6.73. The number of carbonyl (C=O) groups is 1. The number of amides is 1. The van der Waals surface area contributed by atoms with E-state index in [1.165, 1.54) is 5.56 Å². The van der Waals surface area contributed by atoms with Crippen LogP contribution in [0.5, 0.6) is 0 Å². The van der Waals surface area contributed by atoms with Gasteiger partial charge < -0.3 is 10.6 Å². The zero-order chi connectivity index (χ0) is 14.5. The number of nitrogens with two attached hydrogens (primary N) is 1. The van der Waals surface area contributed by atoms with Crippen molar-refractivity contribution in [1.82, 2.24) is 0 Å². The largest absolute Gasteiger partial charge is 0.322 e. The highest BCUT2D eigenvalue weighted by atomic mass is 16.2. The molecule has 0 saturated carbocycles. The van der Waals surface area contributed by atoms with E-state index >= 15 is 0 Å². The molecule has 0 heterocycles. The molecule has 3 heteroatoms. The highest BCUT2D eigenvalue weighted by Crippen LogP contribution is 2.23. The fraction of sp³-hybridized carbons (Fsp3) is 0.235. The molecule has 0 aromatic heterocycles. The Morgan fingerprint density at radius 2 is 1.80 bits per heavy atom. The summed E-state index contributed by atoms with van der Waals surface area (Å²) in [5.74, 6) is -0.0687. The van der Waals surface area contributed by atoms with Gasteiger partial charge in [0.1, 0.15) is 0 Å².